The van der Waals surface area contributed by atoms with Crippen LogP contribution < -0.4 is 0 Å². The minimum Gasteiger partial charge on any atom is -0.466 e. The lowest BCUT2D eigenvalue weighted by Crippen LogP contribution is -2.49. The van der Waals surface area contributed by atoms with Crippen molar-refractivity contribution < 1.29 is 36.8 Å². The lowest BCUT2D eigenvalue weighted by atomic mass is 10.3. The molecule has 0 N–H and O–H groups in total. The first-order chi connectivity index (χ1) is 11.9. The Hall–Kier alpha value is -1.00. The molecule has 0 aliphatic heterocycles. The standard InChI is InChI=1S/C8H20O4Si.C8H14O4/c1-5-9-13(10-6-2,11-7-3)12-8-4;1-3-11-7(9)5-6-8(10)12-4-2/h5-8H2,1-4H3;3-6H2,1-2H3. The van der Waals surface area contributed by atoms with E-state index >= 15 is 0 Å². The number of ether oxygens (including phenoxy) is 2. The molecule has 0 spiro atoms. The van der Waals surface area contributed by atoms with Gasteiger partial charge in [-0.2, -0.15) is 0 Å². The van der Waals surface area contributed by atoms with Crippen molar-refractivity contribution in [2.75, 3.05) is 39.6 Å². The van der Waals surface area contributed by atoms with Crippen molar-refractivity contribution in [1.29, 1.82) is 0 Å². The van der Waals surface area contributed by atoms with E-state index in [1.165, 1.54) is 0 Å². The summed E-state index contributed by atoms with van der Waals surface area (Å²) < 4.78 is 30.9. The van der Waals surface area contributed by atoms with Crippen LogP contribution in [0.25, 0.3) is 0 Å². The third kappa shape index (κ3) is 15.0. The number of carbonyl (C=O) groups excluding carboxylic acids is 2. The summed E-state index contributed by atoms with van der Waals surface area (Å²) in [6, 6.07) is 0. The normalized spacial score (nSPS) is 10.6. The van der Waals surface area contributed by atoms with Crippen molar-refractivity contribution in [3.63, 3.8) is 0 Å². The largest absolute Gasteiger partial charge is 0.679 e. The van der Waals surface area contributed by atoms with Gasteiger partial charge in [-0.05, 0) is 41.5 Å². The summed E-state index contributed by atoms with van der Waals surface area (Å²) in [7, 11) is -2.80. The van der Waals surface area contributed by atoms with E-state index in [-0.39, 0.29) is 24.8 Å². The zero-order valence-electron chi connectivity index (χ0n) is 16.4. The summed E-state index contributed by atoms with van der Waals surface area (Å²) in [5.74, 6) is -0.712. The van der Waals surface area contributed by atoms with Crippen LogP contribution in [0.1, 0.15) is 54.4 Å². The van der Waals surface area contributed by atoms with Crippen molar-refractivity contribution in [3.05, 3.63) is 0 Å². The van der Waals surface area contributed by atoms with Gasteiger partial charge in [0.1, 0.15) is 0 Å². The molecular weight excluding hydrogens is 348 g/mol. The fourth-order valence-corrected chi connectivity index (χ4v) is 3.54. The van der Waals surface area contributed by atoms with Gasteiger partial charge in [-0.3, -0.25) is 9.59 Å². The van der Waals surface area contributed by atoms with Crippen LogP contribution >= 0.6 is 0 Å². The number of rotatable bonds is 13. The van der Waals surface area contributed by atoms with E-state index in [1.807, 2.05) is 27.7 Å². The second-order valence-corrected chi connectivity index (χ2v) is 6.50. The van der Waals surface area contributed by atoms with Gasteiger partial charge in [-0.25, -0.2) is 0 Å². The second kappa shape index (κ2) is 17.8. The van der Waals surface area contributed by atoms with Gasteiger partial charge in [-0.1, -0.05) is 0 Å². The average Bonchev–Trinajstić information content (AvgIpc) is 2.55. The highest BCUT2D eigenvalue weighted by molar-refractivity contribution is 6.53. The van der Waals surface area contributed by atoms with Gasteiger partial charge in [0, 0.05) is 26.4 Å². The van der Waals surface area contributed by atoms with Gasteiger partial charge >= 0.3 is 21.0 Å². The van der Waals surface area contributed by atoms with Crippen molar-refractivity contribution in [2.45, 2.75) is 54.4 Å². The van der Waals surface area contributed by atoms with Gasteiger partial charge in [0.15, 0.2) is 0 Å². The summed E-state index contributed by atoms with van der Waals surface area (Å²) in [5, 5.41) is 0. The highest BCUT2D eigenvalue weighted by Gasteiger charge is 2.44. The van der Waals surface area contributed by atoms with Crippen molar-refractivity contribution >= 4 is 21.0 Å². The molecule has 0 rings (SSSR count). The lowest BCUT2D eigenvalue weighted by molar-refractivity contribution is -0.149. The van der Waals surface area contributed by atoms with Gasteiger partial charge in [0.25, 0.3) is 0 Å². The predicted molar refractivity (Wildman–Crippen MR) is 94.8 cm³/mol. The van der Waals surface area contributed by atoms with E-state index in [9.17, 15) is 9.59 Å². The minimum absolute atomic E-state index is 0.104. The molecule has 0 saturated carbocycles. The molecule has 0 unspecified atom stereocenters. The molecule has 0 aromatic carbocycles. The highest BCUT2D eigenvalue weighted by Crippen LogP contribution is 2.11. The van der Waals surface area contributed by atoms with Crippen LogP contribution in [0.15, 0.2) is 0 Å². The number of hydrogen-bond donors (Lipinski definition) is 0. The Morgan fingerprint density at radius 2 is 0.840 bits per heavy atom. The first kappa shape index (κ1) is 26.2. The Balaban J connectivity index is 0. The average molecular weight is 383 g/mol. The molecule has 0 saturated heterocycles. The SMILES string of the molecule is CCOC(=O)CCC(=O)OCC.CCO[Si](OCC)(OCC)OCC. The molecule has 0 amide bonds. The Morgan fingerprint density at radius 1 is 0.560 bits per heavy atom. The van der Waals surface area contributed by atoms with Crippen LogP contribution in [0.5, 0.6) is 0 Å². The fraction of sp³-hybridized carbons (Fsp3) is 0.875. The summed E-state index contributed by atoms with van der Waals surface area (Å²) in [5.41, 5.74) is 0. The van der Waals surface area contributed by atoms with Crippen molar-refractivity contribution in [2.24, 2.45) is 0 Å². The fourth-order valence-electron chi connectivity index (χ4n) is 1.63. The van der Waals surface area contributed by atoms with E-state index in [4.69, 9.17) is 17.7 Å². The van der Waals surface area contributed by atoms with Gasteiger partial charge in [-0.15, -0.1) is 0 Å². The summed E-state index contributed by atoms with van der Waals surface area (Å²) in [6.45, 7) is 13.9. The molecule has 9 heteroatoms. The van der Waals surface area contributed by atoms with E-state index < -0.39 is 9.05 Å². The highest BCUT2D eigenvalue weighted by atomic mass is 28.4. The zero-order chi connectivity index (χ0) is 19.6. The molecule has 0 aromatic heterocycles. The Kier molecular flexibility index (Phi) is 18.7. The van der Waals surface area contributed by atoms with E-state index in [0.717, 1.165) is 0 Å². The summed E-state index contributed by atoms with van der Waals surface area (Å²) in [4.78, 5) is 21.4. The van der Waals surface area contributed by atoms with E-state index in [2.05, 4.69) is 9.47 Å². The van der Waals surface area contributed by atoms with Crippen molar-refractivity contribution in [1.82, 2.24) is 0 Å². The Bertz CT molecular complexity index is 291. The minimum atomic E-state index is -2.80. The molecule has 0 bridgehead atoms. The quantitative estimate of drug-likeness (QED) is 0.354. The third-order valence-electron chi connectivity index (χ3n) is 2.43. The summed E-state index contributed by atoms with van der Waals surface area (Å²) in [6.07, 6.45) is 0.208. The maximum atomic E-state index is 10.7. The topological polar surface area (TPSA) is 89.5 Å². The smallest absolute Gasteiger partial charge is 0.466 e. The van der Waals surface area contributed by atoms with Gasteiger partial charge in [0.05, 0.1) is 26.1 Å². The second-order valence-electron chi connectivity index (χ2n) is 4.34. The molecule has 0 aromatic rings. The molecule has 0 aliphatic rings. The zero-order valence-corrected chi connectivity index (χ0v) is 17.4. The number of carbonyl (C=O) groups is 2. The Labute approximate surface area is 152 Å². The van der Waals surface area contributed by atoms with E-state index in [0.29, 0.717) is 39.6 Å². The molecule has 0 aliphatic carbocycles. The molecular formula is C16H34O8Si. The van der Waals surface area contributed by atoms with Crippen LogP contribution in [-0.2, 0) is 36.8 Å². The van der Waals surface area contributed by atoms with Crippen LogP contribution in [0.4, 0.5) is 0 Å². The lowest BCUT2D eigenvalue weighted by Gasteiger charge is -2.26. The molecule has 25 heavy (non-hydrogen) atoms. The maximum absolute atomic E-state index is 10.7. The summed E-state index contributed by atoms with van der Waals surface area (Å²) >= 11 is 0. The van der Waals surface area contributed by atoms with Gasteiger partial charge in [0.2, 0.25) is 0 Å². The Morgan fingerprint density at radius 3 is 1.04 bits per heavy atom. The van der Waals surface area contributed by atoms with E-state index in [1.54, 1.807) is 13.8 Å². The first-order valence-corrected chi connectivity index (χ1v) is 10.4. The van der Waals surface area contributed by atoms with Crippen LogP contribution in [0.3, 0.4) is 0 Å². The third-order valence-corrected chi connectivity index (χ3v) is 5.00. The molecule has 0 atom stereocenters. The molecule has 0 fully saturated rings. The van der Waals surface area contributed by atoms with Crippen LogP contribution in [0.2, 0.25) is 0 Å². The molecule has 0 radical (unpaired) electrons. The first-order valence-electron chi connectivity index (χ1n) is 8.81. The van der Waals surface area contributed by atoms with Crippen molar-refractivity contribution in [3.8, 4) is 0 Å². The maximum Gasteiger partial charge on any atom is 0.679 e. The van der Waals surface area contributed by atoms with Gasteiger partial charge < -0.3 is 27.2 Å². The molecule has 150 valence electrons. The number of hydrogen-bond acceptors (Lipinski definition) is 8. The number of esters is 2. The van der Waals surface area contributed by atoms with Crippen LogP contribution in [0, 0.1) is 0 Å². The molecule has 0 heterocycles. The molecule has 8 nitrogen and oxygen atoms in total. The predicted octanol–water partition coefficient (Wildman–Crippen LogP) is 2.46. The van der Waals surface area contributed by atoms with Crippen LogP contribution in [-0.4, -0.2) is 60.6 Å². The monoisotopic (exact) mass is 382 g/mol.